The molecule has 1 N–H and O–H groups in total. The first-order valence-electron chi connectivity index (χ1n) is 11.6. The molecule has 0 saturated heterocycles. The van der Waals surface area contributed by atoms with Crippen molar-refractivity contribution in [2.45, 2.75) is 91.9 Å². The lowest BCUT2D eigenvalue weighted by atomic mass is 9.80. The van der Waals surface area contributed by atoms with E-state index >= 15 is 0 Å². The molecular weight excluding hydrogens is 450 g/mol. The third kappa shape index (κ3) is 5.74. The molecule has 0 aliphatic carbocycles. The van der Waals surface area contributed by atoms with Gasteiger partial charge in [-0.15, -0.1) is 4.31 Å². The summed E-state index contributed by atoms with van der Waals surface area (Å²) in [7, 11) is -4.77. The Bertz CT molecular complexity index is 1090. The lowest BCUT2D eigenvalue weighted by Crippen LogP contribution is -2.41. The molecule has 0 unspecified atom stereocenters. The van der Waals surface area contributed by atoms with E-state index in [1.54, 1.807) is 12.1 Å². The highest BCUT2D eigenvalue weighted by atomic mass is 32.2. The van der Waals surface area contributed by atoms with E-state index in [2.05, 4.69) is 0 Å². The molecule has 0 aliphatic rings. The van der Waals surface area contributed by atoms with Crippen LogP contribution in [0.2, 0.25) is 0 Å². The van der Waals surface area contributed by atoms with Crippen LogP contribution in [0.15, 0.2) is 36.4 Å². The highest BCUT2D eigenvalue weighted by Crippen LogP contribution is 2.42. The predicted octanol–water partition coefficient (Wildman–Crippen LogP) is 7.34. The van der Waals surface area contributed by atoms with Gasteiger partial charge in [-0.3, -0.25) is 0 Å². The van der Waals surface area contributed by atoms with Gasteiger partial charge in [0.05, 0.1) is 5.69 Å². The van der Waals surface area contributed by atoms with E-state index in [0.717, 1.165) is 0 Å². The summed E-state index contributed by atoms with van der Waals surface area (Å²) in [6.45, 7) is 19.4. The maximum absolute atomic E-state index is 13.8. The molecule has 0 atom stereocenters. The van der Waals surface area contributed by atoms with Crippen molar-refractivity contribution in [3.05, 3.63) is 58.7 Å². The first kappa shape index (κ1) is 27.7. The van der Waals surface area contributed by atoms with Gasteiger partial charge in [0.15, 0.2) is 5.75 Å². The summed E-state index contributed by atoms with van der Waals surface area (Å²) in [6.07, 6.45) is -1.61. The van der Waals surface area contributed by atoms with E-state index in [0.29, 0.717) is 26.6 Å². The molecule has 0 aromatic heterocycles. The highest BCUT2D eigenvalue weighted by molar-refractivity contribution is 7.89. The van der Waals surface area contributed by atoms with Crippen LogP contribution >= 0.6 is 0 Å². The molecule has 34 heavy (non-hydrogen) atoms. The Morgan fingerprint density at radius 2 is 1.21 bits per heavy atom. The second-order valence-electron chi connectivity index (χ2n) is 11.4. The van der Waals surface area contributed by atoms with Gasteiger partial charge in [0.25, 0.3) is 0 Å². The van der Waals surface area contributed by atoms with Crippen LogP contribution in [0, 0.1) is 0 Å². The monoisotopic (exact) mass is 489 g/mol. The fraction of sp³-hybridized carbons (Fsp3) is 0.519. The number of nitrogens with zero attached hydrogens (tertiary/aromatic N) is 1. The van der Waals surface area contributed by atoms with Gasteiger partial charge in [0.1, 0.15) is 0 Å². The average Bonchev–Trinajstić information content (AvgIpc) is 2.65. The molecule has 2 rings (SSSR count). The van der Waals surface area contributed by atoms with Crippen molar-refractivity contribution in [2.75, 3.05) is 4.31 Å². The summed E-state index contributed by atoms with van der Waals surface area (Å²) in [5, 5.41) is 10.2. The third-order valence-electron chi connectivity index (χ3n) is 5.76. The van der Waals surface area contributed by atoms with Gasteiger partial charge in [0, 0.05) is 11.1 Å². The third-order valence-corrected chi connectivity index (χ3v) is 6.93. The molecule has 1 amide bonds. The normalized spacial score (nSPS) is 12.8. The van der Waals surface area contributed by atoms with E-state index < -0.39 is 27.2 Å². The van der Waals surface area contributed by atoms with Gasteiger partial charge in [-0.25, -0.2) is 4.79 Å². The van der Waals surface area contributed by atoms with Gasteiger partial charge in [0.2, 0.25) is 0 Å². The van der Waals surface area contributed by atoms with Crippen molar-refractivity contribution in [3.8, 4) is 5.75 Å². The van der Waals surface area contributed by atoms with Crippen molar-refractivity contribution in [2.24, 2.45) is 0 Å². The molecule has 0 spiro atoms. The molecule has 0 fully saturated rings. The maximum Gasteiger partial charge on any atom is 0.428 e. The number of anilines is 1. The quantitative estimate of drug-likeness (QED) is 0.459. The summed E-state index contributed by atoms with van der Waals surface area (Å²) in [5.41, 5.74) is 1.91. The fourth-order valence-corrected chi connectivity index (χ4v) is 5.09. The molecule has 0 bridgehead atoms. The van der Waals surface area contributed by atoms with Crippen LogP contribution in [0.3, 0.4) is 0 Å². The van der Waals surface area contributed by atoms with E-state index in [1.807, 2.05) is 93.5 Å². The van der Waals surface area contributed by atoms with E-state index in [4.69, 9.17) is 4.18 Å². The summed E-state index contributed by atoms with van der Waals surface area (Å²) >= 11 is 0. The SMILES string of the molecule is CC(C)c1cccc(C(C)C)c1N(C(=O)O)S(=O)(=O)Oc1c(C(C)(C)C)cccc1C(C)(C)C. The average molecular weight is 490 g/mol. The molecule has 0 heterocycles. The van der Waals surface area contributed by atoms with Crippen LogP contribution in [0.5, 0.6) is 5.75 Å². The molecule has 188 valence electrons. The van der Waals surface area contributed by atoms with Crippen LogP contribution in [-0.4, -0.2) is 19.6 Å². The highest BCUT2D eigenvalue weighted by Gasteiger charge is 2.38. The molecule has 2 aromatic carbocycles. The van der Waals surface area contributed by atoms with Gasteiger partial charge in [-0.1, -0.05) is 106 Å². The molecule has 6 nitrogen and oxygen atoms in total. The maximum atomic E-state index is 13.8. The van der Waals surface area contributed by atoms with Crippen molar-refractivity contribution in [1.29, 1.82) is 0 Å². The van der Waals surface area contributed by atoms with Crippen molar-refractivity contribution >= 4 is 22.1 Å². The Kier molecular flexibility index (Phi) is 7.83. The van der Waals surface area contributed by atoms with Crippen molar-refractivity contribution < 1.29 is 22.5 Å². The van der Waals surface area contributed by atoms with Gasteiger partial charge < -0.3 is 9.29 Å². The first-order chi connectivity index (χ1) is 15.4. The predicted molar refractivity (Wildman–Crippen MR) is 139 cm³/mol. The topological polar surface area (TPSA) is 83.9 Å². The van der Waals surface area contributed by atoms with Crippen LogP contribution in [0.25, 0.3) is 0 Å². The minimum Gasteiger partial charge on any atom is -0.464 e. The number of hydrogen-bond acceptors (Lipinski definition) is 4. The Labute approximate surface area is 205 Å². The summed E-state index contributed by atoms with van der Waals surface area (Å²) in [5.74, 6) is -0.0163. The second-order valence-corrected chi connectivity index (χ2v) is 12.8. The van der Waals surface area contributed by atoms with E-state index in [9.17, 15) is 18.3 Å². The minimum absolute atomic E-state index is 0.0993. The van der Waals surface area contributed by atoms with Gasteiger partial charge in [-0.2, -0.15) is 8.42 Å². The number of para-hydroxylation sites is 2. The summed E-state index contributed by atoms with van der Waals surface area (Å²) in [6, 6.07) is 10.9. The number of rotatable bonds is 6. The summed E-state index contributed by atoms with van der Waals surface area (Å²) in [4.78, 5) is 12.5. The Morgan fingerprint density at radius 1 is 0.824 bits per heavy atom. The molecule has 0 radical (unpaired) electrons. The first-order valence-corrected chi connectivity index (χ1v) is 13.0. The van der Waals surface area contributed by atoms with Crippen LogP contribution in [0.4, 0.5) is 10.5 Å². The Hall–Kier alpha value is -2.54. The standard InChI is InChI=1S/C27H39NO5S/c1-17(2)19-13-11-14-20(18(3)4)23(19)28(25(29)30)34(31,32)33-24-21(26(5,6)7)15-12-16-22(24)27(8,9)10/h11-18H,1-10H3,(H,29,30). The lowest BCUT2D eigenvalue weighted by Gasteiger charge is -2.31. The largest absolute Gasteiger partial charge is 0.464 e. The lowest BCUT2D eigenvalue weighted by molar-refractivity contribution is 0.205. The minimum atomic E-state index is -4.77. The Morgan fingerprint density at radius 3 is 1.53 bits per heavy atom. The van der Waals surface area contributed by atoms with E-state index in [1.165, 1.54) is 0 Å². The van der Waals surface area contributed by atoms with Crippen LogP contribution in [0.1, 0.15) is 103 Å². The van der Waals surface area contributed by atoms with E-state index in [-0.39, 0.29) is 23.3 Å². The zero-order valence-electron chi connectivity index (χ0n) is 22.1. The van der Waals surface area contributed by atoms with Crippen LogP contribution in [-0.2, 0) is 21.1 Å². The fourth-order valence-electron chi connectivity index (χ4n) is 4.00. The van der Waals surface area contributed by atoms with Gasteiger partial charge >= 0.3 is 16.4 Å². The molecule has 0 saturated carbocycles. The molecule has 7 heteroatoms. The smallest absolute Gasteiger partial charge is 0.428 e. The zero-order valence-corrected chi connectivity index (χ0v) is 22.9. The number of carboxylic acid groups (broad SMARTS) is 1. The number of hydrogen-bond donors (Lipinski definition) is 1. The zero-order chi connectivity index (χ0) is 26.2. The van der Waals surface area contributed by atoms with Crippen LogP contribution < -0.4 is 8.49 Å². The molecule has 2 aromatic rings. The number of carbonyl (C=O) groups is 1. The number of amides is 1. The Balaban J connectivity index is 2.85. The summed E-state index contributed by atoms with van der Waals surface area (Å²) < 4.78 is 33.7. The molecule has 0 aliphatic heterocycles. The molecular formula is C27H39NO5S. The van der Waals surface area contributed by atoms with Crippen molar-refractivity contribution in [3.63, 3.8) is 0 Å². The van der Waals surface area contributed by atoms with Crippen molar-refractivity contribution in [1.82, 2.24) is 0 Å². The second kappa shape index (κ2) is 9.61. The van der Waals surface area contributed by atoms with Gasteiger partial charge in [-0.05, 0) is 33.8 Å². The number of benzene rings is 2.